The van der Waals surface area contributed by atoms with Crippen LogP contribution in [0.2, 0.25) is 0 Å². The second-order valence-electron chi connectivity index (χ2n) is 8.55. The van der Waals surface area contributed by atoms with Gasteiger partial charge >= 0.3 is 6.18 Å². The first-order valence-electron chi connectivity index (χ1n) is 11.2. The zero-order valence-electron chi connectivity index (χ0n) is 20.5. The van der Waals surface area contributed by atoms with E-state index < -0.39 is 24.2 Å². The molecule has 1 aromatic heterocycles. The van der Waals surface area contributed by atoms with E-state index in [2.05, 4.69) is 15.7 Å². The molecule has 0 saturated carbocycles. The van der Waals surface area contributed by atoms with Gasteiger partial charge in [0.25, 0.3) is 5.91 Å². The maximum atomic E-state index is 14.1. The van der Waals surface area contributed by atoms with Gasteiger partial charge in [-0.15, -0.1) is 0 Å². The van der Waals surface area contributed by atoms with Crippen molar-refractivity contribution in [2.75, 3.05) is 32.0 Å². The van der Waals surface area contributed by atoms with E-state index in [9.17, 15) is 18.0 Å². The molecule has 1 aliphatic rings. The molecule has 2 aromatic carbocycles. The van der Waals surface area contributed by atoms with Gasteiger partial charge in [0.2, 0.25) is 5.75 Å². The number of nitrogens with zero attached hydrogens (tertiary/aromatic N) is 2. The fourth-order valence-corrected chi connectivity index (χ4v) is 4.27. The number of amides is 1. The molecule has 1 aliphatic heterocycles. The highest BCUT2D eigenvalue weighted by atomic mass is 19.4. The number of carbonyl (C=O) groups excluding carboxylic acids is 1. The highest BCUT2D eigenvalue weighted by Gasteiger charge is 2.47. The van der Waals surface area contributed by atoms with Crippen molar-refractivity contribution in [3.63, 3.8) is 0 Å². The molecule has 0 spiro atoms. The van der Waals surface area contributed by atoms with Crippen LogP contribution in [0.5, 0.6) is 17.2 Å². The SMILES string of the molecule is COc1cc([C@H]2C[C@@H](C(F)(F)F)n3ncc(C(=O)Nc4ccc(C)c(C)c4)c3N2)cc(OC)c1OC. The predicted octanol–water partition coefficient (Wildman–Crippen LogP) is 5.44. The van der Waals surface area contributed by atoms with Crippen LogP contribution in [0.25, 0.3) is 0 Å². The number of hydrogen-bond donors (Lipinski definition) is 2. The molecule has 0 saturated heterocycles. The van der Waals surface area contributed by atoms with Crippen LogP contribution in [-0.2, 0) is 0 Å². The van der Waals surface area contributed by atoms with E-state index in [1.807, 2.05) is 19.9 Å². The van der Waals surface area contributed by atoms with Crippen molar-refractivity contribution in [3.05, 3.63) is 58.8 Å². The third-order valence-electron chi connectivity index (χ3n) is 6.34. The number of rotatable bonds is 6. The van der Waals surface area contributed by atoms with Crippen molar-refractivity contribution < 1.29 is 32.2 Å². The molecule has 0 bridgehead atoms. The van der Waals surface area contributed by atoms with Gasteiger partial charge in [-0.3, -0.25) is 4.79 Å². The van der Waals surface area contributed by atoms with E-state index in [4.69, 9.17) is 14.2 Å². The minimum absolute atomic E-state index is 0.000352. The number of methoxy groups -OCH3 is 3. The number of halogens is 3. The molecule has 4 rings (SSSR count). The molecule has 2 N–H and O–H groups in total. The number of aryl methyl sites for hydroxylation is 2. The maximum Gasteiger partial charge on any atom is 0.410 e. The zero-order valence-corrected chi connectivity index (χ0v) is 20.5. The summed E-state index contributed by atoms with van der Waals surface area (Å²) in [6, 6.07) is 5.82. The smallest absolute Gasteiger partial charge is 0.410 e. The van der Waals surface area contributed by atoms with Gasteiger partial charge in [-0.25, -0.2) is 4.68 Å². The fraction of sp³-hybridized carbons (Fsp3) is 0.360. The lowest BCUT2D eigenvalue weighted by atomic mass is 9.95. The van der Waals surface area contributed by atoms with Crippen LogP contribution in [0.1, 0.15) is 45.6 Å². The number of alkyl halides is 3. The second-order valence-corrected chi connectivity index (χ2v) is 8.55. The monoisotopic (exact) mass is 504 g/mol. The van der Waals surface area contributed by atoms with E-state index in [1.165, 1.54) is 21.3 Å². The third-order valence-corrected chi connectivity index (χ3v) is 6.34. The number of nitrogens with one attached hydrogen (secondary N) is 2. The van der Waals surface area contributed by atoms with E-state index in [1.54, 1.807) is 24.3 Å². The molecule has 8 nitrogen and oxygen atoms in total. The zero-order chi connectivity index (χ0) is 26.2. The Balaban J connectivity index is 1.73. The van der Waals surface area contributed by atoms with Gasteiger partial charge < -0.3 is 24.8 Å². The van der Waals surface area contributed by atoms with E-state index in [0.717, 1.165) is 22.0 Å². The summed E-state index contributed by atoms with van der Waals surface area (Å²) in [7, 11) is 4.30. The maximum absolute atomic E-state index is 14.1. The van der Waals surface area contributed by atoms with Crippen LogP contribution in [0.4, 0.5) is 24.7 Å². The molecule has 0 radical (unpaired) electrons. The van der Waals surface area contributed by atoms with Gasteiger partial charge in [0.15, 0.2) is 17.5 Å². The Labute approximate surface area is 206 Å². The standard InChI is InChI=1S/C25H27F3N4O4/c1-13-6-7-16(8-14(13)2)30-24(33)17-12-29-32-21(25(26,27)28)11-18(31-23(17)32)15-9-19(34-3)22(36-5)20(10-15)35-4/h6-10,12,18,21,31H,11H2,1-5H3,(H,30,33)/t18-,21+/m1/s1. The van der Waals surface area contributed by atoms with Crippen molar-refractivity contribution in [1.82, 2.24) is 9.78 Å². The number of ether oxygens (including phenoxy) is 3. The number of fused-ring (bicyclic) bond motifs is 1. The van der Waals surface area contributed by atoms with Crippen molar-refractivity contribution in [3.8, 4) is 17.2 Å². The molecule has 2 heterocycles. The second kappa shape index (κ2) is 9.63. The number of anilines is 2. The first-order chi connectivity index (χ1) is 17.1. The van der Waals surface area contributed by atoms with Crippen LogP contribution in [0.15, 0.2) is 36.5 Å². The lowest BCUT2D eigenvalue weighted by Gasteiger charge is -2.34. The van der Waals surface area contributed by atoms with Gasteiger partial charge in [0.05, 0.1) is 33.6 Å². The molecule has 0 unspecified atom stereocenters. The predicted molar refractivity (Wildman–Crippen MR) is 128 cm³/mol. The highest BCUT2D eigenvalue weighted by molar-refractivity contribution is 6.07. The number of benzene rings is 2. The van der Waals surface area contributed by atoms with E-state index in [0.29, 0.717) is 28.5 Å². The lowest BCUT2D eigenvalue weighted by Crippen LogP contribution is -2.36. The first kappa shape index (κ1) is 25.2. The Morgan fingerprint density at radius 1 is 1.06 bits per heavy atom. The Bertz CT molecular complexity index is 1260. The largest absolute Gasteiger partial charge is 0.493 e. The molecule has 1 amide bonds. The Hall–Kier alpha value is -3.89. The quantitative estimate of drug-likeness (QED) is 0.465. The summed E-state index contributed by atoms with van der Waals surface area (Å²) in [6.45, 7) is 3.85. The van der Waals surface area contributed by atoms with Crippen LogP contribution < -0.4 is 24.8 Å². The molecular formula is C25H27F3N4O4. The average molecular weight is 505 g/mol. The number of carbonyl (C=O) groups is 1. The topological polar surface area (TPSA) is 86.6 Å². The summed E-state index contributed by atoms with van der Waals surface area (Å²) < 4.78 is 59.2. The van der Waals surface area contributed by atoms with Crippen LogP contribution in [0.3, 0.4) is 0 Å². The lowest BCUT2D eigenvalue weighted by molar-refractivity contribution is -0.173. The van der Waals surface area contributed by atoms with E-state index in [-0.39, 0.29) is 17.8 Å². The molecular weight excluding hydrogens is 477 g/mol. The van der Waals surface area contributed by atoms with E-state index >= 15 is 0 Å². The molecule has 0 fully saturated rings. The molecule has 192 valence electrons. The summed E-state index contributed by atoms with van der Waals surface area (Å²) >= 11 is 0. The van der Waals surface area contributed by atoms with Gasteiger partial charge in [0, 0.05) is 12.1 Å². The fourth-order valence-electron chi connectivity index (χ4n) is 4.27. The normalized spacial score (nSPS) is 17.1. The highest BCUT2D eigenvalue weighted by Crippen LogP contribution is 2.47. The van der Waals surface area contributed by atoms with Crippen LogP contribution >= 0.6 is 0 Å². The summed E-state index contributed by atoms with van der Waals surface area (Å²) in [6.07, 6.45) is -3.80. The van der Waals surface area contributed by atoms with Crippen molar-refractivity contribution in [2.45, 2.75) is 38.5 Å². The molecule has 11 heteroatoms. The Morgan fingerprint density at radius 3 is 2.28 bits per heavy atom. The summed E-state index contributed by atoms with van der Waals surface area (Å²) in [5.74, 6) is 0.348. The van der Waals surface area contributed by atoms with Crippen LogP contribution in [-0.4, -0.2) is 43.2 Å². The van der Waals surface area contributed by atoms with Gasteiger partial charge in [-0.2, -0.15) is 18.3 Å². The average Bonchev–Trinajstić information content (AvgIpc) is 3.28. The first-order valence-corrected chi connectivity index (χ1v) is 11.2. The number of hydrogen-bond acceptors (Lipinski definition) is 6. The van der Waals surface area contributed by atoms with Gasteiger partial charge in [0.1, 0.15) is 11.4 Å². The molecule has 36 heavy (non-hydrogen) atoms. The van der Waals surface area contributed by atoms with Gasteiger partial charge in [-0.1, -0.05) is 6.07 Å². The third kappa shape index (κ3) is 4.65. The van der Waals surface area contributed by atoms with Gasteiger partial charge in [-0.05, 0) is 54.8 Å². The minimum Gasteiger partial charge on any atom is -0.493 e. The molecule has 3 aromatic rings. The summed E-state index contributed by atoms with van der Waals surface area (Å²) in [4.78, 5) is 13.1. The van der Waals surface area contributed by atoms with Crippen molar-refractivity contribution in [2.24, 2.45) is 0 Å². The molecule has 2 atom stereocenters. The minimum atomic E-state index is -4.59. The Kier molecular flexibility index (Phi) is 6.75. The summed E-state index contributed by atoms with van der Waals surface area (Å²) in [5, 5.41) is 9.76. The summed E-state index contributed by atoms with van der Waals surface area (Å²) in [5.41, 5.74) is 3.04. The number of aromatic nitrogens is 2. The van der Waals surface area contributed by atoms with Crippen molar-refractivity contribution >= 4 is 17.4 Å². The Morgan fingerprint density at radius 2 is 1.72 bits per heavy atom. The van der Waals surface area contributed by atoms with Crippen molar-refractivity contribution in [1.29, 1.82) is 0 Å². The molecule has 0 aliphatic carbocycles. The van der Waals surface area contributed by atoms with Crippen LogP contribution in [0, 0.1) is 13.8 Å².